The average molecular weight is 334 g/mol. The van der Waals surface area contributed by atoms with E-state index >= 15 is 0 Å². The third kappa shape index (κ3) is 2.30. The molecule has 1 saturated carbocycles. The van der Waals surface area contributed by atoms with Crippen LogP contribution < -0.4 is 5.76 Å². The lowest BCUT2D eigenvalue weighted by Crippen LogP contribution is -2.26. The van der Waals surface area contributed by atoms with E-state index in [1.54, 1.807) is 0 Å². The molecule has 25 heavy (non-hydrogen) atoms. The number of benzene rings is 2. The van der Waals surface area contributed by atoms with E-state index in [9.17, 15) is 9.59 Å². The van der Waals surface area contributed by atoms with Gasteiger partial charge in [0.1, 0.15) is 0 Å². The van der Waals surface area contributed by atoms with Crippen LogP contribution in [0.3, 0.4) is 0 Å². The summed E-state index contributed by atoms with van der Waals surface area (Å²) in [4.78, 5) is 28.6. The van der Waals surface area contributed by atoms with Crippen molar-refractivity contribution in [1.29, 1.82) is 0 Å². The molecule has 126 valence electrons. The number of carbonyl (C=O) groups is 1. The minimum absolute atomic E-state index is 0.0510. The number of H-pyrrole nitrogens is 1. The monoisotopic (exact) mass is 334 g/mol. The zero-order valence-electron chi connectivity index (χ0n) is 13.9. The van der Waals surface area contributed by atoms with Gasteiger partial charge in [-0.1, -0.05) is 18.2 Å². The number of nitrogens with one attached hydrogen (secondary N) is 1. The Labute approximate surface area is 144 Å². The highest BCUT2D eigenvalue weighted by molar-refractivity contribution is 5.99. The number of oxazole rings is 1. The molecule has 1 aliphatic carbocycles. The Hall–Kier alpha value is -2.82. The van der Waals surface area contributed by atoms with Gasteiger partial charge in [-0.2, -0.15) is 0 Å². The fraction of sp³-hybridized carbons (Fsp3) is 0.300. The Morgan fingerprint density at radius 3 is 2.80 bits per heavy atom. The first-order valence-electron chi connectivity index (χ1n) is 8.67. The van der Waals surface area contributed by atoms with Crippen LogP contribution in [0, 0.1) is 0 Å². The summed E-state index contributed by atoms with van der Waals surface area (Å²) in [5, 5.41) is 0. The third-order valence-corrected chi connectivity index (χ3v) is 5.37. The molecule has 1 amide bonds. The van der Waals surface area contributed by atoms with Crippen molar-refractivity contribution in [2.24, 2.45) is 0 Å². The van der Waals surface area contributed by atoms with E-state index in [-0.39, 0.29) is 11.9 Å². The summed E-state index contributed by atoms with van der Waals surface area (Å²) in [5.74, 6) is 0.291. The van der Waals surface area contributed by atoms with Crippen LogP contribution >= 0.6 is 0 Å². The van der Waals surface area contributed by atoms with Crippen molar-refractivity contribution in [1.82, 2.24) is 9.88 Å². The van der Waals surface area contributed by atoms with Gasteiger partial charge in [0, 0.05) is 12.1 Å². The topological polar surface area (TPSA) is 66.3 Å². The number of rotatable bonds is 3. The highest BCUT2D eigenvalue weighted by Gasteiger charge is 2.35. The molecule has 0 bridgehead atoms. The smallest absolute Gasteiger partial charge is 0.408 e. The number of nitrogens with zero attached hydrogens (tertiary/aromatic N) is 1. The number of aromatic nitrogens is 1. The molecule has 1 aliphatic heterocycles. The fourth-order valence-corrected chi connectivity index (χ4v) is 3.78. The van der Waals surface area contributed by atoms with Gasteiger partial charge < -0.3 is 9.32 Å². The van der Waals surface area contributed by atoms with E-state index in [4.69, 9.17) is 4.42 Å². The maximum absolute atomic E-state index is 12.8. The van der Waals surface area contributed by atoms with Crippen molar-refractivity contribution in [3.05, 3.63) is 69.2 Å². The predicted molar refractivity (Wildman–Crippen MR) is 93.5 cm³/mol. The average Bonchev–Trinajstić information content (AvgIpc) is 3.35. The second-order valence-electron chi connectivity index (χ2n) is 7.08. The molecule has 5 heteroatoms. The largest absolute Gasteiger partial charge is 0.417 e. The number of fused-ring (bicyclic) bond motifs is 2. The highest BCUT2D eigenvalue weighted by atomic mass is 16.4. The first kappa shape index (κ1) is 14.5. The van der Waals surface area contributed by atoms with Crippen molar-refractivity contribution in [2.75, 3.05) is 0 Å². The molecular formula is C20H18N2O3. The normalized spacial score (nSPS) is 19.6. The van der Waals surface area contributed by atoms with Gasteiger partial charge >= 0.3 is 5.76 Å². The number of aromatic amines is 1. The van der Waals surface area contributed by atoms with Crippen molar-refractivity contribution >= 4 is 17.0 Å². The van der Waals surface area contributed by atoms with Crippen LogP contribution in [0.25, 0.3) is 11.1 Å². The van der Waals surface area contributed by atoms with E-state index in [1.807, 2.05) is 29.2 Å². The van der Waals surface area contributed by atoms with Crippen LogP contribution in [-0.4, -0.2) is 15.8 Å². The van der Waals surface area contributed by atoms with E-state index in [0.717, 1.165) is 16.7 Å². The summed E-state index contributed by atoms with van der Waals surface area (Å²) in [5.41, 5.74) is 5.44. The fourth-order valence-electron chi connectivity index (χ4n) is 3.78. The van der Waals surface area contributed by atoms with E-state index in [1.165, 1.54) is 18.4 Å². The number of amides is 1. The van der Waals surface area contributed by atoms with Crippen LogP contribution in [0.5, 0.6) is 0 Å². The quantitative estimate of drug-likeness (QED) is 0.794. The first-order valence-corrected chi connectivity index (χ1v) is 8.67. The van der Waals surface area contributed by atoms with Crippen LogP contribution in [0.15, 0.2) is 45.6 Å². The summed E-state index contributed by atoms with van der Waals surface area (Å²) in [6.07, 6.45) is 2.51. The summed E-state index contributed by atoms with van der Waals surface area (Å²) < 4.78 is 5.12. The van der Waals surface area contributed by atoms with Gasteiger partial charge in [0.05, 0.1) is 11.6 Å². The van der Waals surface area contributed by atoms with E-state index < -0.39 is 5.76 Å². The molecule has 5 nitrogen and oxygen atoms in total. The van der Waals surface area contributed by atoms with Gasteiger partial charge in [-0.05, 0) is 60.6 Å². The van der Waals surface area contributed by atoms with Gasteiger partial charge in [-0.25, -0.2) is 4.79 Å². The zero-order valence-corrected chi connectivity index (χ0v) is 13.9. The highest BCUT2D eigenvalue weighted by Crippen LogP contribution is 2.43. The third-order valence-electron chi connectivity index (χ3n) is 5.37. The molecule has 1 atom stereocenters. The van der Waals surface area contributed by atoms with Crippen molar-refractivity contribution in [3.8, 4) is 0 Å². The molecule has 5 rings (SSSR count). The molecule has 0 saturated heterocycles. The van der Waals surface area contributed by atoms with E-state index in [0.29, 0.717) is 23.6 Å². The van der Waals surface area contributed by atoms with E-state index in [2.05, 4.69) is 24.0 Å². The van der Waals surface area contributed by atoms with Gasteiger partial charge in [-0.3, -0.25) is 9.78 Å². The lowest BCUT2D eigenvalue weighted by molar-refractivity contribution is 0.0723. The van der Waals surface area contributed by atoms with Crippen molar-refractivity contribution < 1.29 is 9.21 Å². The molecule has 2 aromatic carbocycles. The number of hydrogen-bond donors (Lipinski definition) is 1. The molecule has 0 spiro atoms. The Morgan fingerprint density at radius 1 is 1.16 bits per heavy atom. The summed E-state index contributed by atoms with van der Waals surface area (Å²) in [6, 6.07) is 11.9. The van der Waals surface area contributed by atoms with Gasteiger partial charge in [0.25, 0.3) is 5.91 Å². The van der Waals surface area contributed by atoms with Crippen LogP contribution in [-0.2, 0) is 6.54 Å². The number of hydrogen-bond acceptors (Lipinski definition) is 3. The predicted octanol–water partition coefficient (Wildman–Crippen LogP) is 3.72. The Morgan fingerprint density at radius 2 is 2.00 bits per heavy atom. The molecule has 0 unspecified atom stereocenters. The summed E-state index contributed by atoms with van der Waals surface area (Å²) in [7, 11) is 0. The minimum atomic E-state index is -0.460. The van der Waals surface area contributed by atoms with Gasteiger partial charge in [-0.15, -0.1) is 0 Å². The van der Waals surface area contributed by atoms with Gasteiger partial charge in [0.2, 0.25) is 0 Å². The Bertz CT molecular complexity index is 1060. The van der Waals surface area contributed by atoms with Crippen LogP contribution in [0.4, 0.5) is 0 Å². The SMILES string of the molecule is C[C@H]1c2cc(C3CC3)ccc2C(=O)N1Cc1ccc2[nH]c(=O)oc2c1. The second-order valence-corrected chi connectivity index (χ2v) is 7.08. The zero-order chi connectivity index (χ0) is 17.1. The second kappa shape index (κ2) is 5.09. The van der Waals surface area contributed by atoms with Crippen LogP contribution in [0.2, 0.25) is 0 Å². The lowest BCUT2D eigenvalue weighted by atomic mass is 10.00. The molecule has 1 fully saturated rings. The minimum Gasteiger partial charge on any atom is -0.408 e. The van der Waals surface area contributed by atoms with Crippen LogP contribution in [0.1, 0.15) is 58.8 Å². The summed E-state index contributed by atoms with van der Waals surface area (Å²) in [6.45, 7) is 2.58. The van der Waals surface area contributed by atoms with Crippen molar-refractivity contribution in [3.63, 3.8) is 0 Å². The molecule has 3 aromatic rings. The first-order chi connectivity index (χ1) is 12.1. The molecule has 2 aliphatic rings. The molecular weight excluding hydrogens is 316 g/mol. The molecule has 1 aromatic heterocycles. The maximum atomic E-state index is 12.8. The summed E-state index contributed by atoms with van der Waals surface area (Å²) >= 11 is 0. The standard InChI is InChI=1S/C20H18N2O3/c1-11-16-9-14(13-3-4-13)5-6-15(16)19(23)22(11)10-12-2-7-17-18(8-12)25-20(24)21-17/h2,5-9,11,13H,3-4,10H2,1H3,(H,21,24)/t11-/m0/s1. The maximum Gasteiger partial charge on any atom is 0.417 e. The number of carbonyl (C=O) groups excluding carboxylic acids is 1. The van der Waals surface area contributed by atoms with Gasteiger partial charge in [0.15, 0.2) is 5.58 Å². The lowest BCUT2D eigenvalue weighted by Gasteiger charge is -2.22. The molecule has 0 radical (unpaired) electrons. The molecule has 1 N–H and O–H groups in total. The van der Waals surface area contributed by atoms with Crippen molar-refractivity contribution in [2.45, 2.75) is 38.3 Å². The molecule has 2 heterocycles. The Kier molecular flexibility index (Phi) is 2.95. The Balaban J connectivity index is 1.46.